The van der Waals surface area contributed by atoms with Gasteiger partial charge in [0, 0.05) is 17.5 Å². The van der Waals surface area contributed by atoms with E-state index in [1.165, 1.54) is 55.5 Å². The average molecular weight is 390 g/mol. The van der Waals surface area contributed by atoms with Gasteiger partial charge in [0.1, 0.15) is 0 Å². The Kier molecular flexibility index (Phi) is 5.96. The van der Waals surface area contributed by atoms with E-state index in [9.17, 15) is 22.8 Å². The van der Waals surface area contributed by atoms with Crippen molar-refractivity contribution in [1.82, 2.24) is 0 Å². The van der Waals surface area contributed by atoms with Gasteiger partial charge in [-0.05, 0) is 55.5 Å². The first kappa shape index (κ1) is 20.1. The Labute approximate surface area is 156 Å². The van der Waals surface area contributed by atoms with Gasteiger partial charge >= 0.3 is 5.97 Å². The molecule has 0 fully saturated rings. The molecule has 8 nitrogen and oxygen atoms in total. The highest BCUT2D eigenvalue weighted by molar-refractivity contribution is 7.90. The molecular weight excluding hydrogens is 372 g/mol. The van der Waals surface area contributed by atoms with Gasteiger partial charge < -0.3 is 15.8 Å². The molecule has 0 aromatic heterocycles. The minimum Gasteiger partial charge on any atom is -0.449 e. The number of nitrogens with one attached hydrogen (secondary N) is 1. The van der Waals surface area contributed by atoms with Gasteiger partial charge in [-0.3, -0.25) is 9.59 Å². The smallest absolute Gasteiger partial charge is 0.338 e. The molecule has 142 valence electrons. The lowest BCUT2D eigenvalue weighted by atomic mass is 10.2. The fourth-order valence-electron chi connectivity index (χ4n) is 2.08. The minimum atomic E-state index is -3.37. The number of carbonyl (C=O) groups excluding carboxylic acids is 3. The summed E-state index contributed by atoms with van der Waals surface area (Å²) in [7, 11) is -3.37. The first-order valence-electron chi connectivity index (χ1n) is 7.80. The van der Waals surface area contributed by atoms with Crippen LogP contribution >= 0.6 is 0 Å². The third-order valence-corrected chi connectivity index (χ3v) is 4.74. The molecule has 0 heterocycles. The lowest BCUT2D eigenvalue weighted by Gasteiger charge is -2.14. The maximum atomic E-state index is 12.1. The minimum absolute atomic E-state index is 0.0734. The van der Waals surface area contributed by atoms with Gasteiger partial charge in [0.05, 0.1) is 10.5 Å². The van der Waals surface area contributed by atoms with Crippen LogP contribution in [0.2, 0.25) is 0 Å². The van der Waals surface area contributed by atoms with E-state index in [1.54, 1.807) is 0 Å². The second kappa shape index (κ2) is 8.00. The Hall–Kier alpha value is -3.20. The molecule has 0 unspecified atom stereocenters. The lowest BCUT2D eigenvalue weighted by Crippen LogP contribution is -2.30. The van der Waals surface area contributed by atoms with Crippen molar-refractivity contribution in [2.45, 2.75) is 17.9 Å². The number of ether oxygens (including phenoxy) is 1. The van der Waals surface area contributed by atoms with Crippen molar-refractivity contribution in [3.63, 3.8) is 0 Å². The molecule has 9 heteroatoms. The topological polar surface area (TPSA) is 133 Å². The van der Waals surface area contributed by atoms with E-state index in [4.69, 9.17) is 10.5 Å². The number of esters is 1. The number of anilines is 1. The zero-order valence-electron chi connectivity index (χ0n) is 14.6. The molecule has 27 heavy (non-hydrogen) atoms. The Morgan fingerprint density at radius 1 is 0.963 bits per heavy atom. The highest BCUT2D eigenvalue weighted by atomic mass is 32.2. The zero-order valence-corrected chi connectivity index (χ0v) is 15.4. The van der Waals surface area contributed by atoms with Crippen LogP contribution in [0.4, 0.5) is 5.69 Å². The molecule has 0 saturated heterocycles. The number of sulfone groups is 1. The van der Waals surface area contributed by atoms with E-state index in [1.807, 2.05) is 0 Å². The van der Waals surface area contributed by atoms with Crippen LogP contribution in [0.25, 0.3) is 0 Å². The largest absolute Gasteiger partial charge is 0.449 e. The predicted molar refractivity (Wildman–Crippen MR) is 98.0 cm³/mol. The van der Waals surface area contributed by atoms with Crippen molar-refractivity contribution < 1.29 is 27.5 Å². The van der Waals surface area contributed by atoms with Crippen molar-refractivity contribution in [3.8, 4) is 0 Å². The predicted octanol–water partition coefficient (Wildman–Crippen LogP) is 1.37. The maximum absolute atomic E-state index is 12.1. The molecule has 0 aliphatic heterocycles. The molecule has 2 amide bonds. The Morgan fingerprint density at radius 2 is 1.48 bits per heavy atom. The van der Waals surface area contributed by atoms with E-state index in [2.05, 4.69) is 5.32 Å². The normalized spacial score (nSPS) is 12.1. The number of hydrogen-bond donors (Lipinski definition) is 2. The van der Waals surface area contributed by atoms with Gasteiger partial charge in [0.2, 0.25) is 5.91 Å². The van der Waals surface area contributed by atoms with E-state index < -0.39 is 33.7 Å². The van der Waals surface area contributed by atoms with Crippen LogP contribution in [-0.4, -0.2) is 38.6 Å². The van der Waals surface area contributed by atoms with Crippen molar-refractivity contribution in [2.24, 2.45) is 5.73 Å². The number of benzene rings is 2. The Balaban J connectivity index is 1.98. The van der Waals surface area contributed by atoms with E-state index >= 15 is 0 Å². The second-order valence-electron chi connectivity index (χ2n) is 5.77. The van der Waals surface area contributed by atoms with Crippen LogP contribution in [0.3, 0.4) is 0 Å². The van der Waals surface area contributed by atoms with Gasteiger partial charge in [0.15, 0.2) is 15.9 Å². The summed E-state index contributed by atoms with van der Waals surface area (Å²) in [5, 5.41) is 2.55. The summed E-state index contributed by atoms with van der Waals surface area (Å²) < 4.78 is 27.9. The molecule has 0 radical (unpaired) electrons. The van der Waals surface area contributed by atoms with Gasteiger partial charge in [-0.25, -0.2) is 13.2 Å². The quantitative estimate of drug-likeness (QED) is 0.716. The van der Waals surface area contributed by atoms with E-state index in [-0.39, 0.29) is 10.5 Å². The highest BCUT2D eigenvalue weighted by Crippen LogP contribution is 2.13. The number of carbonyl (C=O) groups is 3. The summed E-state index contributed by atoms with van der Waals surface area (Å²) in [5.74, 6) is -1.92. The molecule has 0 aliphatic carbocycles. The molecule has 0 spiro atoms. The third kappa shape index (κ3) is 5.38. The molecule has 2 aromatic rings. The molecular formula is C18H18N2O6S. The summed E-state index contributed by atoms with van der Waals surface area (Å²) in [6, 6.07) is 11.1. The first-order valence-corrected chi connectivity index (χ1v) is 9.69. The SMILES string of the molecule is C[C@H](OC(=O)c1ccc(S(C)(=O)=O)cc1)C(=O)Nc1ccc(C(N)=O)cc1. The molecule has 1 atom stereocenters. The van der Waals surface area contributed by atoms with E-state index in [0.29, 0.717) is 11.3 Å². The van der Waals surface area contributed by atoms with Crippen molar-refractivity contribution in [1.29, 1.82) is 0 Å². The standard InChI is InChI=1S/C18H18N2O6S/c1-11(17(22)20-14-7-3-12(4-8-14)16(19)21)26-18(23)13-5-9-15(10-6-13)27(2,24)25/h3-11H,1-2H3,(H2,19,21)(H,20,22)/t11-/m0/s1. The summed E-state index contributed by atoms with van der Waals surface area (Å²) in [5.41, 5.74) is 5.96. The number of rotatable bonds is 6. The molecule has 0 saturated carbocycles. The fraction of sp³-hybridized carbons (Fsp3) is 0.167. The summed E-state index contributed by atoms with van der Waals surface area (Å²) in [6.45, 7) is 1.40. The molecule has 3 N–H and O–H groups in total. The summed E-state index contributed by atoms with van der Waals surface area (Å²) in [6.07, 6.45) is -0.0363. The van der Waals surface area contributed by atoms with Crippen LogP contribution < -0.4 is 11.1 Å². The van der Waals surface area contributed by atoms with Crippen LogP contribution in [0.5, 0.6) is 0 Å². The Bertz CT molecular complexity index is 966. The van der Waals surface area contributed by atoms with Gasteiger partial charge in [0.25, 0.3) is 5.91 Å². The summed E-state index contributed by atoms with van der Waals surface area (Å²) in [4.78, 5) is 35.3. The van der Waals surface area contributed by atoms with Gasteiger partial charge in [-0.2, -0.15) is 0 Å². The molecule has 2 rings (SSSR count). The monoisotopic (exact) mass is 390 g/mol. The van der Waals surface area contributed by atoms with Crippen LogP contribution in [0.15, 0.2) is 53.4 Å². The maximum Gasteiger partial charge on any atom is 0.338 e. The van der Waals surface area contributed by atoms with Crippen LogP contribution in [0, 0.1) is 0 Å². The highest BCUT2D eigenvalue weighted by Gasteiger charge is 2.19. The fourth-order valence-corrected chi connectivity index (χ4v) is 2.71. The van der Waals surface area contributed by atoms with Crippen molar-refractivity contribution in [2.75, 3.05) is 11.6 Å². The lowest BCUT2D eigenvalue weighted by molar-refractivity contribution is -0.123. The van der Waals surface area contributed by atoms with Crippen molar-refractivity contribution in [3.05, 3.63) is 59.7 Å². The van der Waals surface area contributed by atoms with Gasteiger partial charge in [-0.1, -0.05) is 0 Å². The summed E-state index contributed by atoms with van der Waals surface area (Å²) >= 11 is 0. The number of amides is 2. The van der Waals surface area contributed by atoms with Crippen LogP contribution in [0.1, 0.15) is 27.6 Å². The van der Waals surface area contributed by atoms with Gasteiger partial charge in [-0.15, -0.1) is 0 Å². The third-order valence-electron chi connectivity index (χ3n) is 3.61. The second-order valence-corrected chi connectivity index (χ2v) is 7.79. The van der Waals surface area contributed by atoms with E-state index in [0.717, 1.165) is 6.26 Å². The number of primary amides is 1. The molecule has 2 aromatic carbocycles. The van der Waals surface area contributed by atoms with Crippen molar-refractivity contribution >= 4 is 33.3 Å². The Morgan fingerprint density at radius 3 is 1.96 bits per heavy atom. The molecule has 0 aliphatic rings. The van der Waals surface area contributed by atoms with Crippen LogP contribution in [-0.2, 0) is 19.4 Å². The average Bonchev–Trinajstić information content (AvgIpc) is 2.61. The molecule has 0 bridgehead atoms. The number of hydrogen-bond acceptors (Lipinski definition) is 6. The number of nitrogens with two attached hydrogens (primary N) is 1. The zero-order chi connectivity index (χ0) is 20.2. The first-order chi connectivity index (χ1) is 12.6.